The van der Waals surface area contributed by atoms with Crippen LogP contribution in [-0.4, -0.2) is 44.7 Å². The van der Waals surface area contributed by atoms with Gasteiger partial charge >= 0.3 is 0 Å². The third kappa shape index (κ3) is 3.44. The number of nitrogens with one attached hydrogen (secondary N) is 2. The number of rotatable bonds is 4. The van der Waals surface area contributed by atoms with Crippen LogP contribution < -0.4 is 10.0 Å². The van der Waals surface area contributed by atoms with Gasteiger partial charge in [0.05, 0.1) is 17.0 Å². The average Bonchev–Trinajstić information content (AvgIpc) is 2.96. The van der Waals surface area contributed by atoms with Gasteiger partial charge in [-0.05, 0) is 44.0 Å². The van der Waals surface area contributed by atoms with Crippen molar-refractivity contribution in [3.63, 3.8) is 0 Å². The lowest BCUT2D eigenvalue weighted by atomic mass is 10.1. The zero-order valence-corrected chi connectivity index (χ0v) is 13.5. The maximum absolute atomic E-state index is 11.3. The summed E-state index contributed by atoms with van der Waals surface area (Å²) in [5.41, 5.74) is 1.36. The molecular weight excluding hydrogens is 310 g/mol. The molecule has 0 bridgehead atoms. The molecule has 0 aliphatic carbocycles. The number of hydrogen-bond acceptors (Lipinski definition) is 4. The largest absolute Gasteiger partial charge is 0.381 e. The first kappa shape index (κ1) is 14.9. The summed E-state index contributed by atoms with van der Waals surface area (Å²) in [6.45, 7) is 2.37. The van der Waals surface area contributed by atoms with Gasteiger partial charge in [0.25, 0.3) is 0 Å². The van der Waals surface area contributed by atoms with E-state index in [0.717, 1.165) is 24.9 Å². The van der Waals surface area contributed by atoms with Gasteiger partial charge in [0.15, 0.2) is 0 Å². The lowest BCUT2D eigenvalue weighted by molar-refractivity contribution is 0.318. The minimum absolute atomic E-state index is 0.409. The Morgan fingerprint density at radius 2 is 2.10 bits per heavy atom. The number of benzene rings is 1. The summed E-state index contributed by atoms with van der Waals surface area (Å²) in [5, 5.41) is 3.95. The van der Waals surface area contributed by atoms with E-state index >= 15 is 0 Å². The van der Waals surface area contributed by atoms with Gasteiger partial charge in [-0.25, -0.2) is 8.42 Å². The first-order valence-corrected chi connectivity index (χ1v) is 9.47. The summed E-state index contributed by atoms with van der Waals surface area (Å²) in [6, 6.07) is 6.44. The van der Waals surface area contributed by atoms with Crippen molar-refractivity contribution in [2.45, 2.75) is 31.3 Å². The van der Waals surface area contributed by atoms with E-state index in [1.165, 1.54) is 19.4 Å². The zero-order valence-electron chi connectivity index (χ0n) is 12.0. The van der Waals surface area contributed by atoms with E-state index in [1.54, 1.807) is 12.1 Å². The van der Waals surface area contributed by atoms with Crippen molar-refractivity contribution in [1.29, 1.82) is 0 Å². The van der Waals surface area contributed by atoms with Gasteiger partial charge in [-0.3, -0.25) is 9.62 Å². The first-order chi connectivity index (χ1) is 9.92. The van der Waals surface area contributed by atoms with E-state index in [4.69, 9.17) is 11.6 Å². The Hall–Kier alpha value is -0.980. The quantitative estimate of drug-likeness (QED) is 0.890. The molecule has 0 saturated carbocycles. The molecule has 116 valence electrons. The summed E-state index contributed by atoms with van der Waals surface area (Å²) in [6.07, 6.45) is 4.79. The van der Waals surface area contributed by atoms with Crippen LogP contribution in [0, 0.1) is 0 Å². The van der Waals surface area contributed by atoms with Crippen LogP contribution in [0.3, 0.4) is 0 Å². The molecule has 2 saturated heterocycles. The molecule has 2 N–H and O–H groups in total. The van der Waals surface area contributed by atoms with Gasteiger partial charge in [-0.15, -0.1) is 0 Å². The molecule has 2 atom stereocenters. The minimum Gasteiger partial charge on any atom is -0.381 e. The normalized spacial score (nSPS) is 25.8. The molecule has 0 spiro atoms. The fourth-order valence-electron chi connectivity index (χ4n) is 3.35. The van der Waals surface area contributed by atoms with Crippen molar-refractivity contribution >= 4 is 33.0 Å². The Morgan fingerprint density at radius 3 is 2.81 bits per heavy atom. The van der Waals surface area contributed by atoms with Crippen LogP contribution in [0.2, 0.25) is 5.02 Å². The van der Waals surface area contributed by atoms with E-state index < -0.39 is 10.0 Å². The van der Waals surface area contributed by atoms with E-state index in [-0.39, 0.29) is 0 Å². The molecule has 3 rings (SSSR count). The molecule has 0 amide bonds. The van der Waals surface area contributed by atoms with Crippen molar-refractivity contribution in [3.8, 4) is 0 Å². The standard InChI is InChI=1S/C14H20ClN3O2S/c1-21(19,20)17-12-5-4-10(9-11(12)15)16-13-6-8-18-7-2-3-14(13)18/h4-5,9,13-14,16-17H,2-3,6-8H2,1H3. The molecule has 7 heteroatoms. The van der Waals surface area contributed by atoms with Crippen molar-refractivity contribution in [3.05, 3.63) is 23.2 Å². The molecule has 1 aromatic carbocycles. The Kier molecular flexibility index (Phi) is 4.03. The molecule has 0 aromatic heterocycles. The highest BCUT2D eigenvalue weighted by Crippen LogP contribution is 2.32. The number of anilines is 2. The topological polar surface area (TPSA) is 61.4 Å². The molecule has 2 unspecified atom stereocenters. The summed E-state index contributed by atoms with van der Waals surface area (Å²) >= 11 is 6.15. The SMILES string of the molecule is CS(=O)(=O)Nc1ccc(NC2CCN3CCCC23)cc1Cl. The highest BCUT2D eigenvalue weighted by atomic mass is 35.5. The predicted molar refractivity (Wildman–Crippen MR) is 86.5 cm³/mol. The fourth-order valence-corrected chi connectivity index (χ4v) is 4.21. The molecule has 2 fully saturated rings. The predicted octanol–water partition coefficient (Wildman–Crippen LogP) is 2.36. The van der Waals surface area contributed by atoms with Gasteiger partial charge in [-0.2, -0.15) is 0 Å². The summed E-state index contributed by atoms with van der Waals surface area (Å²) in [4.78, 5) is 2.54. The molecule has 5 nitrogen and oxygen atoms in total. The number of nitrogens with zero attached hydrogens (tertiary/aromatic N) is 1. The molecule has 1 aromatic rings. The Balaban J connectivity index is 1.71. The van der Waals surface area contributed by atoms with Gasteiger partial charge in [-0.1, -0.05) is 11.6 Å². The fraction of sp³-hybridized carbons (Fsp3) is 0.571. The summed E-state index contributed by atoms with van der Waals surface area (Å²) < 4.78 is 24.9. The minimum atomic E-state index is -3.31. The first-order valence-electron chi connectivity index (χ1n) is 7.20. The monoisotopic (exact) mass is 329 g/mol. The van der Waals surface area contributed by atoms with E-state index in [1.807, 2.05) is 6.07 Å². The van der Waals surface area contributed by atoms with Crippen LogP contribution in [0.25, 0.3) is 0 Å². The van der Waals surface area contributed by atoms with Crippen LogP contribution in [0.4, 0.5) is 11.4 Å². The Morgan fingerprint density at radius 1 is 1.29 bits per heavy atom. The second kappa shape index (κ2) is 5.66. The van der Waals surface area contributed by atoms with Gasteiger partial charge in [0.2, 0.25) is 10.0 Å². The molecular formula is C14H20ClN3O2S. The molecule has 21 heavy (non-hydrogen) atoms. The van der Waals surface area contributed by atoms with Crippen LogP contribution in [-0.2, 0) is 10.0 Å². The van der Waals surface area contributed by atoms with Crippen LogP contribution in [0.5, 0.6) is 0 Å². The average molecular weight is 330 g/mol. The maximum atomic E-state index is 11.3. The summed E-state index contributed by atoms with van der Waals surface area (Å²) in [5.74, 6) is 0. The van der Waals surface area contributed by atoms with Crippen LogP contribution >= 0.6 is 11.6 Å². The van der Waals surface area contributed by atoms with Crippen molar-refractivity contribution in [2.75, 3.05) is 29.4 Å². The lowest BCUT2D eigenvalue weighted by Crippen LogP contribution is -2.33. The van der Waals surface area contributed by atoms with E-state index in [0.29, 0.717) is 22.8 Å². The number of fused-ring (bicyclic) bond motifs is 1. The molecule has 0 radical (unpaired) electrons. The maximum Gasteiger partial charge on any atom is 0.229 e. The second-order valence-corrected chi connectivity index (χ2v) is 8.01. The number of sulfonamides is 1. The number of halogens is 1. The highest BCUT2D eigenvalue weighted by molar-refractivity contribution is 7.92. The van der Waals surface area contributed by atoms with Crippen LogP contribution in [0.15, 0.2) is 18.2 Å². The highest BCUT2D eigenvalue weighted by Gasteiger charge is 2.36. The Labute approximate surface area is 130 Å². The van der Waals surface area contributed by atoms with E-state index in [2.05, 4.69) is 14.9 Å². The van der Waals surface area contributed by atoms with Crippen molar-refractivity contribution in [2.24, 2.45) is 0 Å². The second-order valence-electron chi connectivity index (χ2n) is 5.85. The number of hydrogen-bond donors (Lipinski definition) is 2. The lowest BCUT2D eigenvalue weighted by Gasteiger charge is -2.22. The summed E-state index contributed by atoms with van der Waals surface area (Å²) in [7, 11) is -3.31. The third-order valence-electron chi connectivity index (χ3n) is 4.22. The van der Waals surface area contributed by atoms with Gasteiger partial charge in [0, 0.05) is 24.3 Å². The smallest absolute Gasteiger partial charge is 0.229 e. The Bertz CT molecular complexity index is 635. The van der Waals surface area contributed by atoms with Crippen molar-refractivity contribution < 1.29 is 8.42 Å². The van der Waals surface area contributed by atoms with E-state index in [9.17, 15) is 8.42 Å². The molecule has 2 aliphatic heterocycles. The van der Waals surface area contributed by atoms with Gasteiger partial charge < -0.3 is 5.32 Å². The van der Waals surface area contributed by atoms with Crippen LogP contribution in [0.1, 0.15) is 19.3 Å². The van der Waals surface area contributed by atoms with Crippen molar-refractivity contribution in [1.82, 2.24) is 4.90 Å². The molecule has 2 heterocycles. The third-order valence-corrected chi connectivity index (χ3v) is 5.13. The zero-order chi connectivity index (χ0) is 15.0. The van der Waals surface area contributed by atoms with Gasteiger partial charge in [0.1, 0.15) is 0 Å². The molecule has 2 aliphatic rings.